The highest BCUT2D eigenvalue weighted by Gasteiger charge is 2.09. The Morgan fingerprint density at radius 3 is 2.66 bits per heavy atom. The SMILES string of the molecule is CN=C(NCc1nc(-c2ccc(OC)cc2)n[nH]1)NCC(C)c1cccc(C)c1. The summed E-state index contributed by atoms with van der Waals surface area (Å²) in [6, 6.07) is 16.2. The summed E-state index contributed by atoms with van der Waals surface area (Å²) in [6.45, 7) is 5.60. The van der Waals surface area contributed by atoms with Crippen LogP contribution in [0.4, 0.5) is 0 Å². The maximum Gasteiger partial charge on any atom is 0.191 e. The molecule has 0 aliphatic carbocycles. The van der Waals surface area contributed by atoms with Crippen molar-refractivity contribution in [2.45, 2.75) is 26.3 Å². The second-order valence-electron chi connectivity index (χ2n) is 6.96. The Morgan fingerprint density at radius 1 is 1.17 bits per heavy atom. The fraction of sp³-hybridized carbons (Fsp3) is 0.318. The number of ether oxygens (including phenoxy) is 1. The average molecular weight is 393 g/mol. The smallest absolute Gasteiger partial charge is 0.191 e. The van der Waals surface area contributed by atoms with Gasteiger partial charge in [0.2, 0.25) is 0 Å². The van der Waals surface area contributed by atoms with Crippen molar-refractivity contribution in [2.24, 2.45) is 4.99 Å². The van der Waals surface area contributed by atoms with Crippen LogP contribution in [0, 0.1) is 6.92 Å². The standard InChI is InChI=1S/C22H28N6O/c1-15-6-5-7-18(12-15)16(2)13-24-22(23-3)25-14-20-26-21(28-27-20)17-8-10-19(29-4)11-9-17/h5-12,16H,13-14H2,1-4H3,(H2,23,24,25)(H,26,27,28). The lowest BCUT2D eigenvalue weighted by atomic mass is 9.99. The molecular formula is C22H28N6O. The van der Waals surface area contributed by atoms with Crippen LogP contribution < -0.4 is 15.4 Å². The molecule has 1 aromatic heterocycles. The molecule has 7 heteroatoms. The number of aryl methyl sites for hydroxylation is 1. The molecule has 152 valence electrons. The van der Waals surface area contributed by atoms with E-state index >= 15 is 0 Å². The predicted molar refractivity (Wildman–Crippen MR) is 116 cm³/mol. The van der Waals surface area contributed by atoms with E-state index in [1.165, 1.54) is 11.1 Å². The van der Waals surface area contributed by atoms with Gasteiger partial charge in [-0.1, -0.05) is 36.8 Å². The first-order chi connectivity index (χ1) is 14.1. The van der Waals surface area contributed by atoms with Crippen LogP contribution in [0.25, 0.3) is 11.4 Å². The topological polar surface area (TPSA) is 87.2 Å². The van der Waals surface area contributed by atoms with E-state index in [0.717, 1.165) is 29.6 Å². The zero-order chi connectivity index (χ0) is 20.6. The summed E-state index contributed by atoms with van der Waals surface area (Å²) in [4.78, 5) is 8.83. The molecule has 3 N–H and O–H groups in total. The Kier molecular flexibility index (Phi) is 6.84. The van der Waals surface area contributed by atoms with E-state index in [2.05, 4.69) is 68.9 Å². The van der Waals surface area contributed by atoms with Crippen molar-refractivity contribution in [1.29, 1.82) is 0 Å². The van der Waals surface area contributed by atoms with Crippen LogP contribution in [0.2, 0.25) is 0 Å². The van der Waals surface area contributed by atoms with Gasteiger partial charge in [-0.2, -0.15) is 5.10 Å². The zero-order valence-electron chi connectivity index (χ0n) is 17.4. The Bertz CT molecular complexity index is 948. The molecule has 1 unspecified atom stereocenters. The number of benzene rings is 2. The van der Waals surface area contributed by atoms with E-state index in [9.17, 15) is 0 Å². The minimum Gasteiger partial charge on any atom is -0.497 e. The first-order valence-corrected chi connectivity index (χ1v) is 9.66. The Labute approximate surface area is 171 Å². The maximum atomic E-state index is 5.18. The lowest BCUT2D eigenvalue weighted by Gasteiger charge is -2.16. The maximum absolute atomic E-state index is 5.18. The molecule has 0 bridgehead atoms. The molecule has 2 aromatic carbocycles. The van der Waals surface area contributed by atoms with Crippen molar-refractivity contribution < 1.29 is 4.74 Å². The fourth-order valence-corrected chi connectivity index (χ4v) is 2.98. The highest BCUT2D eigenvalue weighted by atomic mass is 16.5. The molecule has 1 heterocycles. The molecule has 3 rings (SSSR count). The minimum absolute atomic E-state index is 0.375. The molecule has 0 radical (unpaired) electrons. The monoisotopic (exact) mass is 392 g/mol. The number of H-pyrrole nitrogens is 1. The van der Waals surface area contributed by atoms with Gasteiger partial charge >= 0.3 is 0 Å². The van der Waals surface area contributed by atoms with Crippen LogP contribution >= 0.6 is 0 Å². The number of nitrogens with one attached hydrogen (secondary N) is 3. The normalized spacial score (nSPS) is 12.5. The zero-order valence-corrected chi connectivity index (χ0v) is 17.4. The fourth-order valence-electron chi connectivity index (χ4n) is 2.98. The number of hydrogen-bond donors (Lipinski definition) is 3. The van der Waals surface area contributed by atoms with Gasteiger partial charge in [0.05, 0.1) is 13.7 Å². The third kappa shape index (κ3) is 5.57. The Hall–Kier alpha value is -3.35. The summed E-state index contributed by atoms with van der Waals surface area (Å²) >= 11 is 0. The highest BCUT2D eigenvalue weighted by molar-refractivity contribution is 5.79. The molecular weight excluding hydrogens is 364 g/mol. The van der Waals surface area contributed by atoms with Crippen LogP contribution in [0.3, 0.4) is 0 Å². The summed E-state index contributed by atoms with van der Waals surface area (Å²) in [5.74, 6) is 3.30. The van der Waals surface area contributed by atoms with Crippen LogP contribution in [0.15, 0.2) is 53.5 Å². The average Bonchev–Trinajstić information content (AvgIpc) is 3.22. The summed E-state index contributed by atoms with van der Waals surface area (Å²) < 4.78 is 5.18. The molecule has 0 saturated carbocycles. The Morgan fingerprint density at radius 2 is 1.97 bits per heavy atom. The summed E-state index contributed by atoms with van der Waals surface area (Å²) in [6.07, 6.45) is 0. The predicted octanol–water partition coefficient (Wildman–Crippen LogP) is 3.26. The highest BCUT2D eigenvalue weighted by Crippen LogP contribution is 2.19. The molecule has 0 spiro atoms. The lowest BCUT2D eigenvalue weighted by molar-refractivity contribution is 0.415. The lowest BCUT2D eigenvalue weighted by Crippen LogP contribution is -2.38. The van der Waals surface area contributed by atoms with Gasteiger partial charge in [0.25, 0.3) is 0 Å². The first-order valence-electron chi connectivity index (χ1n) is 9.66. The number of rotatable bonds is 7. The number of guanidine groups is 1. The quantitative estimate of drug-likeness (QED) is 0.424. The summed E-state index contributed by atoms with van der Waals surface area (Å²) in [5.41, 5.74) is 3.52. The van der Waals surface area contributed by atoms with Gasteiger partial charge in [-0.05, 0) is 42.7 Å². The summed E-state index contributed by atoms with van der Waals surface area (Å²) in [7, 11) is 3.41. The van der Waals surface area contributed by atoms with Gasteiger partial charge in [0, 0.05) is 19.2 Å². The molecule has 1 atom stereocenters. The molecule has 3 aromatic rings. The number of nitrogens with zero attached hydrogens (tertiary/aromatic N) is 3. The van der Waals surface area contributed by atoms with Crippen molar-refractivity contribution in [1.82, 2.24) is 25.8 Å². The van der Waals surface area contributed by atoms with Crippen molar-refractivity contribution in [2.75, 3.05) is 20.7 Å². The second kappa shape index (κ2) is 9.73. The van der Waals surface area contributed by atoms with E-state index in [0.29, 0.717) is 18.3 Å². The third-order valence-corrected chi connectivity index (χ3v) is 4.71. The largest absolute Gasteiger partial charge is 0.497 e. The van der Waals surface area contributed by atoms with Gasteiger partial charge in [0.15, 0.2) is 11.8 Å². The van der Waals surface area contributed by atoms with Crippen LogP contribution in [-0.4, -0.2) is 41.8 Å². The molecule has 0 amide bonds. The van der Waals surface area contributed by atoms with E-state index in [4.69, 9.17) is 4.74 Å². The van der Waals surface area contributed by atoms with E-state index in [-0.39, 0.29) is 0 Å². The third-order valence-electron chi connectivity index (χ3n) is 4.71. The van der Waals surface area contributed by atoms with Crippen molar-refractivity contribution in [3.8, 4) is 17.1 Å². The molecule has 0 aliphatic rings. The van der Waals surface area contributed by atoms with Crippen molar-refractivity contribution in [3.63, 3.8) is 0 Å². The van der Waals surface area contributed by atoms with Crippen molar-refractivity contribution >= 4 is 5.96 Å². The van der Waals surface area contributed by atoms with E-state index < -0.39 is 0 Å². The van der Waals surface area contributed by atoms with Gasteiger partial charge < -0.3 is 15.4 Å². The van der Waals surface area contributed by atoms with Gasteiger partial charge in [-0.15, -0.1) is 0 Å². The molecule has 0 saturated heterocycles. The number of hydrogen-bond acceptors (Lipinski definition) is 4. The van der Waals surface area contributed by atoms with Crippen LogP contribution in [0.1, 0.15) is 29.8 Å². The van der Waals surface area contributed by atoms with E-state index in [1.54, 1.807) is 14.2 Å². The molecule has 7 nitrogen and oxygen atoms in total. The minimum atomic E-state index is 0.375. The number of aliphatic imine (C=N–C) groups is 1. The molecule has 0 fully saturated rings. The first kappa shape index (κ1) is 20.4. The van der Waals surface area contributed by atoms with Crippen molar-refractivity contribution in [3.05, 3.63) is 65.5 Å². The molecule has 29 heavy (non-hydrogen) atoms. The van der Waals surface area contributed by atoms with Crippen LogP contribution in [-0.2, 0) is 6.54 Å². The van der Waals surface area contributed by atoms with Gasteiger partial charge in [0.1, 0.15) is 11.6 Å². The number of aromatic nitrogens is 3. The Balaban J connectivity index is 1.52. The number of aromatic amines is 1. The second-order valence-corrected chi connectivity index (χ2v) is 6.96. The van der Waals surface area contributed by atoms with Crippen LogP contribution in [0.5, 0.6) is 5.75 Å². The van der Waals surface area contributed by atoms with Gasteiger partial charge in [-0.3, -0.25) is 10.1 Å². The van der Waals surface area contributed by atoms with E-state index in [1.807, 2.05) is 24.3 Å². The van der Waals surface area contributed by atoms with Gasteiger partial charge in [-0.25, -0.2) is 4.98 Å². The summed E-state index contributed by atoms with van der Waals surface area (Å²) in [5, 5.41) is 13.9. The number of methoxy groups -OCH3 is 1. The molecule has 0 aliphatic heterocycles.